The molecule has 0 aromatic heterocycles. The Bertz CT molecular complexity index is 953. The third kappa shape index (κ3) is 4.27. The maximum Gasteiger partial charge on any atom is 0.248 e. The molecule has 4 rings (SSSR count). The van der Waals surface area contributed by atoms with Crippen LogP contribution in [-0.4, -0.2) is 18.4 Å². The fourth-order valence-corrected chi connectivity index (χ4v) is 4.21. The van der Waals surface area contributed by atoms with Gasteiger partial charge in [-0.1, -0.05) is 12.1 Å². The number of hydrogen-bond donors (Lipinski definition) is 1. The highest BCUT2D eigenvalue weighted by Crippen LogP contribution is 2.44. The van der Waals surface area contributed by atoms with Crippen molar-refractivity contribution in [2.75, 3.05) is 16.8 Å². The molecular formula is C22H21F5N2O. The molecule has 0 atom stereocenters. The van der Waals surface area contributed by atoms with Gasteiger partial charge in [0, 0.05) is 43.6 Å². The average molecular weight is 424 g/mol. The number of rotatable bonds is 5. The van der Waals surface area contributed by atoms with Gasteiger partial charge < -0.3 is 10.2 Å². The molecule has 30 heavy (non-hydrogen) atoms. The van der Waals surface area contributed by atoms with Crippen molar-refractivity contribution < 1.29 is 26.7 Å². The molecule has 1 heterocycles. The fourth-order valence-electron chi connectivity index (χ4n) is 4.21. The van der Waals surface area contributed by atoms with Crippen LogP contribution < -0.4 is 10.2 Å². The van der Waals surface area contributed by atoms with Crippen molar-refractivity contribution in [3.05, 3.63) is 58.9 Å². The van der Waals surface area contributed by atoms with Crippen molar-refractivity contribution >= 4 is 17.3 Å². The molecule has 1 saturated carbocycles. The van der Waals surface area contributed by atoms with E-state index >= 15 is 4.39 Å². The summed E-state index contributed by atoms with van der Waals surface area (Å²) < 4.78 is 68.7. The highest BCUT2D eigenvalue weighted by Gasteiger charge is 2.45. The van der Waals surface area contributed by atoms with Crippen molar-refractivity contribution in [1.82, 2.24) is 0 Å². The minimum atomic E-state index is -2.75. The van der Waals surface area contributed by atoms with E-state index in [2.05, 4.69) is 5.32 Å². The van der Waals surface area contributed by atoms with Crippen LogP contribution in [0.1, 0.15) is 36.8 Å². The quantitative estimate of drug-likeness (QED) is 0.649. The first-order valence-corrected chi connectivity index (χ1v) is 9.90. The Hall–Kier alpha value is -2.64. The summed E-state index contributed by atoms with van der Waals surface area (Å²) in [7, 11) is 0. The molecule has 1 fully saturated rings. The zero-order chi connectivity index (χ0) is 21.5. The third-order valence-electron chi connectivity index (χ3n) is 5.69. The number of hydrogen-bond acceptors (Lipinski definition) is 2. The number of benzene rings is 2. The molecule has 0 spiro atoms. The molecule has 2 aromatic carbocycles. The normalized spacial score (nSPS) is 18.0. The zero-order valence-electron chi connectivity index (χ0n) is 16.2. The topological polar surface area (TPSA) is 32.3 Å². The molecule has 3 nitrogen and oxygen atoms in total. The molecule has 0 saturated heterocycles. The van der Waals surface area contributed by atoms with Crippen LogP contribution in [0.2, 0.25) is 0 Å². The number of alkyl halides is 2. The largest absolute Gasteiger partial charge is 0.367 e. The maximum atomic E-state index is 15.0. The van der Waals surface area contributed by atoms with E-state index in [9.17, 15) is 22.4 Å². The summed E-state index contributed by atoms with van der Waals surface area (Å²) in [6.45, 7) is 0.957. The number of anilines is 2. The molecule has 1 aliphatic heterocycles. The molecule has 0 unspecified atom stereocenters. The molecule has 0 radical (unpaired) electrons. The number of halogens is 5. The van der Waals surface area contributed by atoms with Gasteiger partial charge in [-0.2, -0.15) is 0 Å². The molecule has 0 bridgehead atoms. The SMILES string of the molecule is O=C(CC1CC(F)(F)C1)Nc1c(F)cc2c(c1F)CCCN2Cc1ccc(F)cc1. The first kappa shape index (κ1) is 20.6. The summed E-state index contributed by atoms with van der Waals surface area (Å²) in [4.78, 5) is 13.9. The Balaban J connectivity index is 1.51. The Morgan fingerprint density at radius 2 is 1.83 bits per heavy atom. The van der Waals surface area contributed by atoms with Crippen LogP contribution in [-0.2, 0) is 17.8 Å². The van der Waals surface area contributed by atoms with E-state index in [-0.39, 0.29) is 25.1 Å². The smallest absolute Gasteiger partial charge is 0.248 e. The van der Waals surface area contributed by atoms with Gasteiger partial charge in [-0.15, -0.1) is 0 Å². The van der Waals surface area contributed by atoms with Crippen molar-refractivity contribution in [3.8, 4) is 0 Å². The summed E-state index contributed by atoms with van der Waals surface area (Å²) in [6, 6.07) is 7.09. The monoisotopic (exact) mass is 424 g/mol. The van der Waals surface area contributed by atoms with Gasteiger partial charge in [0.2, 0.25) is 11.8 Å². The van der Waals surface area contributed by atoms with Gasteiger partial charge in [-0.05, 0) is 42.5 Å². The fraction of sp³-hybridized carbons (Fsp3) is 0.409. The van der Waals surface area contributed by atoms with E-state index in [1.165, 1.54) is 18.2 Å². The number of nitrogens with zero attached hydrogens (tertiary/aromatic N) is 1. The van der Waals surface area contributed by atoms with Crippen molar-refractivity contribution in [3.63, 3.8) is 0 Å². The van der Waals surface area contributed by atoms with Crippen molar-refractivity contribution in [2.24, 2.45) is 5.92 Å². The second kappa shape index (κ2) is 7.89. The summed E-state index contributed by atoms with van der Waals surface area (Å²) in [5.41, 5.74) is 0.973. The lowest BCUT2D eigenvalue weighted by Gasteiger charge is -2.34. The summed E-state index contributed by atoms with van der Waals surface area (Å²) >= 11 is 0. The number of amides is 1. The van der Waals surface area contributed by atoms with Crippen LogP contribution in [0.3, 0.4) is 0 Å². The van der Waals surface area contributed by atoms with Gasteiger partial charge in [0.15, 0.2) is 11.6 Å². The standard InChI is InChI=1S/C22H21F5N2O/c23-15-5-3-13(4-6-15)12-29-7-1-2-16-18(29)9-17(24)21(20(16)25)28-19(30)8-14-10-22(26,27)11-14/h3-6,9,14H,1-2,7-8,10-12H2,(H,28,30). The van der Waals surface area contributed by atoms with E-state index in [0.717, 1.165) is 5.56 Å². The molecular weight excluding hydrogens is 403 g/mol. The minimum Gasteiger partial charge on any atom is -0.367 e. The summed E-state index contributed by atoms with van der Waals surface area (Å²) in [5.74, 6) is -6.00. The molecule has 2 aliphatic rings. The van der Waals surface area contributed by atoms with E-state index in [0.29, 0.717) is 37.2 Å². The second-order valence-corrected chi connectivity index (χ2v) is 8.08. The maximum absolute atomic E-state index is 15.0. The van der Waals surface area contributed by atoms with E-state index in [1.807, 2.05) is 4.90 Å². The van der Waals surface area contributed by atoms with Gasteiger partial charge in [0.1, 0.15) is 11.5 Å². The van der Waals surface area contributed by atoms with Crippen LogP contribution in [0.25, 0.3) is 0 Å². The van der Waals surface area contributed by atoms with Gasteiger partial charge in [0.25, 0.3) is 0 Å². The van der Waals surface area contributed by atoms with Gasteiger partial charge in [-0.25, -0.2) is 22.0 Å². The predicted molar refractivity (Wildman–Crippen MR) is 103 cm³/mol. The Morgan fingerprint density at radius 1 is 1.13 bits per heavy atom. The predicted octanol–water partition coefficient (Wildman–Crippen LogP) is 5.43. The van der Waals surface area contributed by atoms with Gasteiger partial charge >= 0.3 is 0 Å². The molecule has 2 aromatic rings. The van der Waals surface area contributed by atoms with Crippen LogP contribution >= 0.6 is 0 Å². The Labute approximate surface area is 170 Å². The van der Waals surface area contributed by atoms with Gasteiger partial charge in [-0.3, -0.25) is 4.79 Å². The molecule has 1 aliphatic carbocycles. The first-order valence-electron chi connectivity index (χ1n) is 9.90. The van der Waals surface area contributed by atoms with E-state index in [1.54, 1.807) is 12.1 Å². The lowest BCUT2D eigenvalue weighted by atomic mass is 9.79. The summed E-state index contributed by atoms with van der Waals surface area (Å²) in [6.07, 6.45) is 0.0739. The summed E-state index contributed by atoms with van der Waals surface area (Å²) in [5, 5.41) is 2.23. The molecule has 8 heteroatoms. The lowest BCUT2D eigenvalue weighted by molar-refractivity contribution is -0.129. The van der Waals surface area contributed by atoms with Gasteiger partial charge in [0.05, 0.1) is 0 Å². The lowest BCUT2D eigenvalue weighted by Crippen LogP contribution is -2.37. The van der Waals surface area contributed by atoms with E-state index < -0.39 is 35.1 Å². The average Bonchev–Trinajstić information content (AvgIpc) is 2.66. The highest BCUT2D eigenvalue weighted by atomic mass is 19.3. The van der Waals surface area contributed by atoms with Crippen LogP contribution in [0.5, 0.6) is 0 Å². The Kier molecular flexibility index (Phi) is 5.42. The minimum absolute atomic E-state index is 0.192. The number of nitrogens with one attached hydrogen (secondary N) is 1. The van der Waals surface area contributed by atoms with Crippen LogP contribution in [0, 0.1) is 23.4 Å². The van der Waals surface area contributed by atoms with E-state index in [4.69, 9.17) is 0 Å². The first-order chi connectivity index (χ1) is 14.2. The number of carbonyl (C=O) groups excluding carboxylic acids is 1. The van der Waals surface area contributed by atoms with Crippen molar-refractivity contribution in [2.45, 2.75) is 44.6 Å². The van der Waals surface area contributed by atoms with Crippen molar-refractivity contribution in [1.29, 1.82) is 0 Å². The molecule has 160 valence electrons. The molecule has 1 amide bonds. The zero-order valence-corrected chi connectivity index (χ0v) is 16.2. The number of fused-ring (bicyclic) bond motifs is 1. The van der Waals surface area contributed by atoms with Crippen LogP contribution in [0.15, 0.2) is 30.3 Å². The third-order valence-corrected chi connectivity index (χ3v) is 5.69. The highest BCUT2D eigenvalue weighted by molar-refractivity contribution is 5.91. The van der Waals surface area contributed by atoms with Crippen LogP contribution in [0.4, 0.5) is 33.3 Å². The number of carbonyl (C=O) groups is 1. The second-order valence-electron chi connectivity index (χ2n) is 8.08. The Morgan fingerprint density at radius 3 is 2.50 bits per heavy atom. The molecule has 1 N–H and O–H groups in total.